The zero-order chi connectivity index (χ0) is 15.8. The fraction of sp³-hybridized carbons (Fsp3) is 0.294. The maximum Gasteiger partial charge on any atom is 0.228 e. The number of fused-ring (bicyclic) bond motifs is 1. The summed E-state index contributed by atoms with van der Waals surface area (Å²) in [6.45, 7) is 0. The number of aromatic nitrogens is 1. The monoisotopic (exact) mass is 310 g/mol. The molecule has 1 saturated carbocycles. The highest BCUT2D eigenvalue weighted by Gasteiger charge is 2.29. The zero-order valence-electron chi connectivity index (χ0n) is 12.8. The summed E-state index contributed by atoms with van der Waals surface area (Å²) in [6.07, 6.45) is 7.43. The first-order valence-corrected chi connectivity index (χ1v) is 7.72. The number of nitrogens with zero attached hydrogens (tertiary/aromatic N) is 2. The molecule has 6 heteroatoms. The lowest BCUT2D eigenvalue weighted by Crippen LogP contribution is -2.35. The van der Waals surface area contributed by atoms with Gasteiger partial charge in [0, 0.05) is 30.7 Å². The van der Waals surface area contributed by atoms with Crippen LogP contribution in [-0.2, 0) is 4.79 Å². The smallest absolute Gasteiger partial charge is 0.228 e. The van der Waals surface area contributed by atoms with Crippen molar-refractivity contribution < 1.29 is 9.53 Å². The molecule has 0 spiro atoms. The molecule has 1 aliphatic carbocycles. The van der Waals surface area contributed by atoms with Crippen molar-refractivity contribution in [3.63, 3.8) is 0 Å². The van der Waals surface area contributed by atoms with Crippen LogP contribution in [0.25, 0.3) is 10.8 Å². The van der Waals surface area contributed by atoms with Crippen LogP contribution in [0, 0.1) is 5.92 Å². The van der Waals surface area contributed by atoms with Gasteiger partial charge in [0.2, 0.25) is 5.91 Å². The zero-order valence-corrected chi connectivity index (χ0v) is 12.8. The average Bonchev–Trinajstić information content (AvgIpc) is 3.31. The van der Waals surface area contributed by atoms with Crippen LogP contribution in [0.3, 0.4) is 0 Å². The lowest BCUT2D eigenvalue weighted by molar-refractivity contribution is -0.117. The molecule has 1 aromatic heterocycles. The summed E-state index contributed by atoms with van der Waals surface area (Å²) >= 11 is 0. The number of carbonyl (C=O) groups excluding carboxylic acids is 1. The molecule has 118 valence electrons. The highest BCUT2D eigenvalue weighted by Crippen LogP contribution is 2.30. The van der Waals surface area contributed by atoms with Crippen molar-refractivity contribution >= 4 is 22.5 Å². The van der Waals surface area contributed by atoms with Gasteiger partial charge in [0.05, 0.1) is 0 Å². The predicted molar refractivity (Wildman–Crippen MR) is 87.6 cm³/mol. The second-order valence-corrected chi connectivity index (χ2v) is 5.96. The van der Waals surface area contributed by atoms with Crippen molar-refractivity contribution in [2.24, 2.45) is 5.92 Å². The molecular formula is C17H18N4O2. The second kappa shape index (κ2) is 5.55. The summed E-state index contributed by atoms with van der Waals surface area (Å²) in [5, 5.41) is 6.71. The minimum Gasteiger partial charge on any atom is -0.470 e. The largest absolute Gasteiger partial charge is 0.470 e. The molecule has 1 aromatic carbocycles. The third-order valence-electron chi connectivity index (χ3n) is 3.97. The molecule has 23 heavy (non-hydrogen) atoms. The van der Waals surface area contributed by atoms with Crippen molar-refractivity contribution in [3.05, 3.63) is 42.7 Å². The molecule has 2 aliphatic rings. The van der Waals surface area contributed by atoms with Gasteiger partial charge in [0.15, 0.2) is 6.23 Å². The molecule has 0 bridgehead atoms. The van der Waals surface area contributed by atoms with Crippen LogP contribution in [0.15, 0.2) is 42.7 Å². The van der Waals surface area contributed by atoms with E-state index >= 15 is 0 Å². The number of carbonyl (C=O) groups is 1. The molecule has 1 fully saturated rings. The van der Waals surface area contributed by atoms with E-state index in [2.05, 4.69) is 15.7 Å². The van der Waals surface area contributed by atoms with Crippen molar-refractivity contribution in [1.29, 1.82) is 0 Å². The molecule has 2 aromatic rings. The van der Waals surface area contributed by atoms with Gasteiger partial charge in [-0.2, -0.15) is 5.43 Å². The van der Waals surface area contributed by atoms with Gasteiger partial charge in [-0.15, -0.1) is 0 Å². The maximum atomic E-state index is 11.8. The normalized spacial score (nSPS) is 20.0. The summed E-state index contributed by atoms with van der Waals surface area (Å²) < 4.78 is 5.85. The highest BCUT2D eigenvalue weighted by atomic mass is 16.5. The van der Waals surface area contributed by atoms with Crippen molar-refractivity contribution in [2.75, 3.05) is 12.4 Å². The van der Waals surface area contributed by atoms with E-state index in [-0.39, 0.29) is 18.1 Å². The topological polar surface area (TPSA) is 66.5 Å². The van der Waals surface area contributed by atoms with Gasteiger partial charge in [0.25, 0.3) is 0 Å². The fourth-order valence-corrected chi connectivity index (χ4v) is 2.54. The third-order valence-corrected chi connectivity index (χ3v) is 3.97. The van der Waals surface area contributed by atoms with Gasteiger partial charge in [-0.1, -0.05) is 6.07 Å². The molecule has 1 unspecified atom stereocenters. The molecule has 0 radical (unpaired) electrons. The number of pyridine rings is 1. The summed E-state index contributed by atoms with van der Waals surface area (Å²) in [7, 11) is 1.92. The molecule has 6 nitrogen and oxygen atoms in total. The average molecular weight is 310 g/mol. The standard InChI is InChI=1S/C17H18N4O2/c1-21-7-6-16(20-21)23-14-5-4-12-9-15(18-10-13(12)8-14)19-17(22)11-2-3-11/h4-11,16,20H,2-3H2,1H3,(H,18,19,22). The minimum absolute atomic E-state index is 0.0695. The Balaban J connectivity index is 1.50. The molecule has 2 N–H and O–H groups in total. The maximum absolute atomic E-state index is 11.8. The Bertz CT molecular complexity index is 785. The number of hydrogen-bond donors (Lipinski definition) is 2. The molecule has 1 aliphatic heterocycles. The van der Waals surface area contributed by atoms with Crippen LogP contribution in [0.4, 0.5) is 5.82 Å². The van der Waals surface area contributed by atoms with Crippen LogP contribution in [0.5, 0.6) is 5.75 Å². The van der Waals surface area contributed by atoms with Gasteiger partial charge in [0.1, 0.15) is 11.6 Å². The van der Waals surface area contributed by atoms with Crippen molar-refractivity contribution in [3.8, 4) is 5.75 Å². The van der Waals surface area contributed by atoms with Crippen LogP contribution in [0.2, 0.25) is 0 Å². The Morgan fingerprint density at radius 2 is 2.22 bits per heavy atom. The molecule has 2 heterocycles. The molecule has 1 atom stereocenters. The first-order valence-electron chi connectivity index (χ1n) is 7.72. The Morgan fingerprint density at radius 1 is 1.35 bits per heavy atom. The van der Waals surface area contributed by atoms with Crippen LogP contribution < -0.4 is 15.5 Å². The Morgan fingerprint density at radius 3 is 2.96 bits per heavy atom. The van der Waals surface area contributed by atoms with E-state index in [1.54, 1.807) is 6.20 Å². The first kappa shape index (κ1) is 14.0. The number of nitrogens with one attached hydrogen (secondary N) is 2. The Hall–Kier alpha value is -2.60. The van der Waals surface area contributed by atoms with Gasteiger partial charge in [-0.05, 0) is 42.5 Å². The molecular weight excluding hydrogens is 292 g/mol. The predicted octanol–water partition coefficient (Wildman–Crippen LogP) is 2.25. The summed E-state index contributed by atoms with van der Waals surface area (Å²) in [4.78, 5) is 16.1. The quantitative estimate of drug-likeness (QED) is 0.907. The van der Waals surface area contributed by atoms with Crippen LogP contribution >= 0.6 is 0 Å². The second-order valence-electron chi connectivity index (χ2n) is 5.96. The number of benzene rings is 1. The van der Waals surface area contributed by atoms with Gasteiger partial charge >= 0.3 is 0 Å². The van der Waals surface area contributed by atoms with E-state index in [4.69, 9.17) is 4.74 Å². The first-order chi connectivity index (χ1) is 11.2. The van der Waals surface area contributed by atoms with E-state index in [0.29, 0.717) is 5.82 Å². The number of anilines is 1. The van der Waals surface area contributed by atoms with E-state index < -0.39 is 0 Å². The number of rotatable bonds is 4. The van der Waals surface area contributed by atoms with Gasteiger partial charge < -0.3 is 15.1 Å². The number of ether oxygens (including phenoxy) is 1. The highest BCUT2D eigenvalue weighted by molar-refractivity contribution is 5.95. The van der Waals surface area contributed by atoms with E-state index in [1.807, 2.05) is 48.6 Å². The van der Waals surface area contributed by atoms with Crippen molar-refractivity contribution in [1.82, 2.24) is 15.4 Å². The van der Waals surface area contributed by atoms with E-state index in [1.165, 1.54) is 0 Å². The van der Waals surface area contributed by atoms with Crippen LogP contribution in [0.1, 0.15) is 12.8 Å². The summed E-state index contributed by atoms with van der Waals surface area (Å²) in [5.41, 5.74) is 3.13. The number of amides is 1. The van der Waals surface area contributed by atoms with Gasteiger partial charge in [-0.3, -0.25) is 4.79 Å². The fourth-order valence-electron chi connectivity index (χ4n) is 2.54. The molecule has 4 rings (SSSR count). The van der Waals surface area contributed by atoms with Crippen molar-refractivity contribution in [2.45, 2.75) is 19.1 Å². The lowest BCUT2D eigenvalue weighted by atomic mass is 10.1. The molecule has 1 amide bonds. The minimum atomic E-state index is -0.164. The lowest BCUT2D eigenvalue weighted by Gasteiger charge is -2.16. The van der Waals surface area contributed by atoms with Crippen LogP contribution in [-0.4, -0.2) is 29.2 Å². The Kier molecular flexibility index (Phi) is 3.38. The summed E-state index contributed by atoms with van der Waals surface area (Å²) in [6, 6.07) is 7.73. The van der Waals surface area contributed by atoms with E-state index in [9.17, 15) is 4.79 Å². The van der Waals surface area contributed by atoms with Gasteiger partial charge in [-0.25, -0.2) is 4.98 Å². The number of hydrogen-bond acceptors (Lipinski definition) is 5. The summed E-state index contributed by atoms with van der Waals surface area (Å²) in [5.74, 6) is 1.62. The Labute approximate surface area is 134 Å². The number of hydrazine groups is 1. The van der Waals surface area contributed by atoms with E-state index in [0.717, 1.165) is 29.4 Å². The SMILES string of the molecule is CN1C=CC(Oc2ccc3cc(NC(=O)C4CC4)ncc3c2)N1. The third kappa shape index (κ3) is 3.12. The molecule has 0 saturated heterocycles.